The quantitative estimate of drug-likeness (QED) is 0.165. The molecule has 0 spiro atoms. The smallest absolute Gasteiger partial charge is 0.144 e. The Labute approximate surface area is 437 Å². The fourth-order valence-electron chi connectivity index (χ4n) is 15.2. The SMILES string of the molecule is CC1(C)c2ccccc2-c2ccc(C(c3ccc4c(c3)C(C)(C)c3cc(-c5ccncc5)c5oc6ccccc6c5c3-4)c3ccc4c(c3)C(C)(C)c3c5c(c6c(oc7ccccc76)c3-4)-c3ccccc3C5(C)C)cc21. The summed E-state index contributed by atoms with van der Waals surface area (Å²) in [6.45, 7) is 19.5. The molecular formula is C72H55NO2. The standard InChI is InChI=1S/C72H55NO2/c1-69(2)51-21-13-9-17-43(51)44-28-25-40(35-53(44)69)59(41-26-29-46-54(36-41)70(3,4)56-38-50(39-31-33-73-34-32-39)67-62(60(46)56)48-19-11-15-23-57(48)74-67)42-27-30-47-55(37-42)72(7,8)66-64(47)68-63(49-20-12-16-24-58(49)75-68)61-45-18-10-14-22-52(45)71(5,6)65(61)66/h9-38,59H,1-8H3. The first-order chi connectivity index (χ1) is 36.2. The van der Waals surface area contributed by atoms with Crippen LogP contribution in [0.1, 0.15) is 123 Å². The summed E-state index contributed by atoms with van der Waals surface area (Å²) < 4.78 is 14.0. The van der Waals surface area contributed by atoms with Crippen molar-refractivity contribution >= 4 is 43.9 Å². The van der Waals surface area contributed by atoms with Crippen molar-refractivity contribution in [1.29, 1.82) is 0 Å². The van der Waals surface area contributed by atoms with E-state index >= 15 is 0 Å². The fourth-order valence-corrected chi connectivity index (χ4v) is 15.2. The molecule has 0 radical (unpaired) electrons. The predicted octanol–water partition coefficient (Wildman–Crippen LogP) is 19.0. The van der Waals surface area contributed by atoms with Crippen LogP contribution in [0.3, 0.4) is 0 Å². The van der Waals surface area contributed by atoms with Crippen molar-refractivity contribution in [3.05, 3.63) is 243 Å². The number of fused-ring (bicyclic) bond motifs is 22. The van der Waals surface area contributed by atoms with Gasteiger partial charge in [0.05, 0.1) is 0 Å². The molecule has 4 aliphatic rings. The Morgan fingerprint density at radius 3 is 1.44 bits per heavy atom. The zero-order chi connectivity index (χ0) is 50.7. The molecule has 3 heteroatoms. The summed E-state index contributed by atoms with van der Waals surface area (Å²) in [5, 5.41) is 4.75. The third-order valence-corrected chi connectivity index (χ3v) is 18.8. The molecule has 1 atom stereocenters. The number of para-hydroxylation sites is 2. The number of hydrogen-bond donors (Lipinski definition) is 0. The van der Waals surface area contributed by atoms with Gasteiger partial charge in [-0.25, -0.2) is 0 Å². The topological polar surface area (TPSA) is 39.2 Å². The van der Waals surface area contributed by atoms with E-state index in [9.17, 15) is 0 Å². The van der Waals surface area contributed by atoms with E-state index in [2.05, 4.69) is 230 Å². The Balaban J connectivity index is 0.934. The van der Waals surface area contributed by atoms with E-state index in [4.69, 9.17) is 8.83 Å². The van der Waals surface area contributed by atoms with Crippen LogP contribution in [0.5, 0.6) is 0 Å². The van der Waals surface area contributed by atoms with E-state index in [0.717, 1.165) is 38.8 Å². The predicted molar refractivity (Wildman–Crippen MR) is 308 cm³/mol. The van der Waals surface area contributed by atoms with Gasteiger partial charge in [-0.3, -0.25) is 4.98 Å². The van der Waals surface area contributed by atoms with Crippen molar-refractivity contribution in [2.75, 3.05) is 0 Å². The molecule has 360 valence electrons. The highest BCUT2D eigenvalue weighted by molar-refractivity contribution is 6.21. The molecule has 75 heavy (non-hydrogen) atoms. The maximum absolute atomic E-state index is 7.12. The van der Waals surface area contributed by atoms with Crippen molar-refractivity contribution in [1.82, 2.24) is 4.98 Å². The van der Waals surface area contributed by atoms with E-state index < -0.39 is 0 Å². The minimum absolute atomic E-state index is 0.0655. The molecule has 3 nitrogen and oxygen atoms in total. The van der Waals surface area contributed by atoms with Gasteiger partial charge in [-0.15, -0.1) is 0 Å². The molecule has 0 amide bonds. The lowest BCUT2D eigenvalue weighted by molar-refractivity contribution is 0.599. The molecule has 0 saturated carbocycles. The molecule has 4 aliphatic carbocycles. The highest BCUT2D eigenvalue weighted by Crippen LogP contribution is 2.64. The van der Waals surface area contributed by atoms with Crippen LogP contribution in [-0.2, 0) is 21.7 Å². The number of nitrogens with zero attached hydrogens (tertiary/aromatic N) is 1. The lowest BCUT2D eigenvalue weighted by Gasteiger charge is -2.31. The van der Waals surface area contributed by atoms with Crippen LogP contribution < -0.4 is 0 Å². The number of benzene rings is 9. The molecule has 0 N–H and O–H groups in total. The summed E-state index contributed by atoms with van der Waals surface area (Å²) in [7, 11) is 0. The number of rotatable bonds is 4. The minimum atomic E-state index is -0.337. The average Bonchev–Trinajstić information content (AvgIpc) is 4.42. The number of aromatic nitrogens is 1. The van der Waals surface area contributed by atoms with E-state index in [1.54, 1.807) is 0 Å². The molecule has 16 rings (SSSR count). The molecule has 0 saturated heterocycles. The zero-order valence-corrected chi connectivity index (χ0v) is 43.7. The van der Waals surface area contributed by atoms with Crippen LogP contribution in [0, 0.1) is 0 Å². The van der Waals surface area contributed by atoms with E-state index in [-0.39, 0.29) is 27.6 Å². The normalized spacial score (nSPS) is 16.6. The highest BCUT2D eigenvalue weighted by atomic mass is 16.3. The van der Waals surface area contributed by atoms with Crippen LogP contribution in [0.2, 0.25) is 0 Å². The van der Waals surface area contributed by atoms with Gasteiger partial charge in [0.1, 0.15) is 22.3 Å². The fraction of sp³-hybridized carbons (Fsp3) is 0.181. The monoisotopic (exact) mass is 965 g/mol. The molecule has 3 aromatic heterocycles. The first-order valence-corrected chi connectivity index (χ1v) is 26.8. The third kappa shape index (κ3) is 5.38. The van der Waals surface area contributed by atoms with Gasteiger partial charge in [-0.05, 0) is 136 Å². The first-order valence-electron chi connectivity index (χ1n) is 26.8. The van der Waals surface area contributed by atoms with Crippen molar-refractivity contribution in [2.45, 2.75) is 83.0 Å². The van der Waals surface area contributed by atoms with Crippen LogP contribution in [0.25, 0.3) is 99.5 Å². The number of furan rings is 2. The van der Waals surface area contributed by atoms with Crippen molar-refractivity contribution < 1.29 is 8.83 Å². The van der Waals surface area contributed by atoms with Crippen molar-refractivity contribution in [3.63, 3.8) is 0 Å². The summed E-state index contributed by atoms with van der Waals surface area (Å²) in [4.78, 5) is 4.39. The number of hydrogen-bond acceptors (Lipinski definition) is 3. The molecular weight excluding hydrogens is 911 g/mol. The Kier molecular flexibility index (Phi) is 8.23. The average molecular weight is 966 g/mol. The Hall–Kier alpha value is -8.27. The minimum Gasteiger partial charge on any atom is -0.455 e. The second-order valence-electron chi connectivity index (χ2n) is 24.1. The summed E-state index contributed by atoms with van der Waals surface area (Å²) in [6.07, 6.45) is 3.76. The summed E-state index contributed by atoms with van der Waals surface area (Å²) >= 11 is 0. The van der Waals surface area contributed by atoms with Crippen molar-refractivity contribution in [3.8, 4) is 55.6 Å². The maximum Gasteiger partial charge on any atom is 0.144 e. The van der Waals surface area contributed by atoms with Gasteiger partial charge in [-0.1, -0.05) is 195 Å². The third-order valence-electron chi connectivity index (χ3n) is 18.8. The largest absolute Gasteiger partial charge is 0.455 e. The number of pyridine rings is 1. The summed E-state index contributed by atoms with van der Waals surface area (Å²) in [5.41, 5.74) is 30.2. The Morgan fingerprint density at radius 1 is 0.347 bits per heavy atom. The van der Waals surface area contributed by atoms with E-state index in [0.29, 0.717) is 0 Å². The van der Waals surface area contributed by atoms with Crippen LogP contribution in [-0.4, -0.2) is 4.98 Å². The van der Waals surface area contributed by atoms with Crippen molar-refractivity contribution in [2.24, 2.45) is 0 Å². The molecule has 0 aliphatic heterocycles. The van der Waals surface area contributed by atoms with Gasteiger partial charge in [0, 0.05) is 72.6 Å². The van der Waals surface area contributed by atoms with Crippen LogP contribution in [0.15, 0.2) is 191 Å². The Morgan fingerprint density at radius 2 is 0.787 bits per heavy atom. The molecule has 9 aromatic carbocycles. The van der Waals surface area contributed by atoms with Crippen LogP contribution >= 0.6 is 0 Å². The Bertz CT molecular complexity index is 4530. The molecule has 0 bridgehead atoms. The second kappa shape index (κ2) is 14.3. The van der Waals surface area contributed by atoms with Gasteiger partial charge < -0.3 is 8.83 Å². The van der Waals surface area contributed by atoms with Gasteiger partial charge >= 0.3 is 0 Å². The van der Waals surface area contributed by atoms with Gasteiger partial charge in [0.15, 0.2) is 0 Å². The van der Waals surface area contributed by atoms with Gasteiger partial charge in [-0.2, -0.15) is 0 Å². The molecule has 12 aromatic rings. The van der Waals surface area contributed by atoms with E-state index in [1.165, 1.54) is 122 Å². The van der Waals surface area contributed by atoms with E-state index in [1.807, 2.05) is 12.4 Å². The van der Waals surface area contributed by atoms with Gasteiger partial charge in [0.2, 0.25) is 0 Å². The lowest BCUT2D eigenvalue weighted by atomic mass is 9.71. The van der Waals surface area contributed by atoms with Gasteiger partial charge in [0.25, 0.3) is 0 Å². The second-order valence-corrected chi connectivity index (χ2v) is 24.1. The summed E-state index contributed by atoms with van der Waals surface area (Å²) in [5.74, 6) is -0.0655. The maximum atomic E-state index is 7.12. The zero-order valence-electron chi connectivity index (χ0n) is 43.7. The van der Waals surface area contributed by atoms with Crippen LogP contribution in [0.4, 0.5) is 0 Å². The lowest BCUT2D eigenvalue weighted by Crippen LogP contribution is -2.24. The molecule has 3 heterocycles. The molecule has 1 unspecified atom stereocenters. The summed E-state index contributed by atoms with van der Waals surface area (Å²) in [6, 6.07) is 64.2. The molecule has 0 fully saturated rings. The first kappa shape index (κ1) is 43.2. The highest BCUT2D eigenvalue weighted by Gasteiger charge is 2.49.